The number of rotatable bonds is 6. The maximum atomic E-state index is 5.66. The first-order chi connectivity index (χ1) is 8.81. The third-order valence-corrected chi connectivity index (χ3v) is 2.46. The average molecular weight is 247 g/mol. The second-order valence-electron chi connectivity index (χ2n) is 3.81. The van der Waals surface area contributed by atoms with Gasteiger partial charge >= 0.3 is 0 Å². The van der Waals surface area contributed by atoms with Gasteiger partial charge in [0.2, 0.25) is 0 Å². The Hall–Kier alpha value is -1.85. The molecule has 0 spiro atoms. The summed E-state index contributed by atoms with van der Waals surface area (Å²) < 4.78 is 10.9. The largest absolute Gasteiger partial charge is 0.490 e. The van der Waals surface area contributed by atoms with Crippen LogP contribution in [0.1, 0.15) is 0 Å². The molecule has 0 bridgehead atoms. The second-order valence-corrected chi connectivity index (χ2v) is 3.81. The number of benzene rings is 1. The molecule has 5 heteroatoms. The van der Waals surface area contributed by atoms with Crippen molar-refractivity contribution >= 4 is 16.7 Å². The summed E-state index contributed by atoms with van der Waals surface area (Å²) in [7, 11) is 0. The number of nitrogens with zero attached hydrogens (tertiary/aromatic N) is 1. The highest BCUT2D eigenvalue weighted by Crippen LogP contribution is 2.24. The fourth-order valence-corrected chi connectivity index (χ4v) is 1.66. The Bertz CT molecular complexity index is 517. The van der Waals surface area contributed by atoms with Gasteiger partial charge in [0.25, 0.3) is 0 Å². The standard InChI is InChI=1S/C13H17N3O2/c14-6-7-17-8-9-18-12-3-1-2-11-10(12)4-5-13(15)16-11/h1-5H,6-9,14H2,(H2,15,16). The van der Waals surface area contributed by atoms with Gasteiger partial charge in [-0.3, -0.25) is 0 Å². The van der Waals surface area contributed by atoms with E-state index in [0.717, 1.165) is 16.7 Å². The number of hydrogen-bond donors (Lipinski definition) is 2. The van der Waals surface area contributed by atoms with Crippen molar-refractivity contribution in [3.63, 3.8) is 0 Å². The fourth-order valence-electron chi connectivity index (χ4n) is 1.66. The molecule has 0 saturated carbocycles. The van der Waals surface area contributed by atoms with Gasteiger partial charge in [-0.25, -0.2) is 4.98 Å². The van der Waals surface area contributed by atoms with Gasteiger partial charge in [-0.1, -0.05) is 6.07 Å². The van der Waals surface area contributed by atoms with Crippen LogP contribution in [0.4, 0.5) is 5.82 Å². The van der Waals surface area contributed by atoms with Crippen LogP contribution in [0.5, 0.6) is 5.75 Å². The summed E-state index contributed by atoms with van der Waals surface area (Å²) in [6.07, 6.45) is 0. The Morgan fingerprint density at radius 2 is 1.94 bits per heavy atom. The maximum absolute atomic E-state index is 5.66. The maximum Gasteiger partial charge on any atom is 0.128 e. The van der Waals surface area contributed by atoms with Crippen molar-refractivity contribution in [3.05, 3.63) is 30.3 Å². The molecule has 0 aliphatic carbocycles. The van der Waals surface area contributed by atoms with E-state index in [-0.39, 0.29) is 0 Å². The summed E-state index contributed by atoms with van der Waals surface area (Å²) in [5.74, 6) is 1.29. The number of fused-ring (bicyclic) bond motifs is 1. The quantitative estimate of drug-likeness (QED) is 0.749. The Balaban J connectivity index is 2.04. The molecular weight excluding hydrogens is 230 g/mol. The van der Waals surface area contributed by atoms with E-state index in [4.69, 9.17) is 20.9 Å². The van der Waals surface area contributed by atoms with E-state index >= 15 is 0 Å². The SMILES string of the molecule is NCCOCCOc1cccc2nc(N)ccc12. The van der Waals surface area contributed by atoms with Gasteiger partial charge < -0.3 is 20.9 Å². The highest BCUT2D eigenvalue weighted by atomic mass is 16.5. The molecule has 2 rings (SSSR count). The van der Waals surface area contributed by atoms with E-state index in [9.17, 15) is 0 Å². The topological polar surface area (TPSA) is 83.4 Å². The van der Waals surface area contributed by atoms with Crippen molar-refractivity contribution in [2.24, 2.45) is 5.73 Å². The number of aromatic nitrogens is 1. The minimum absolute atomic E-state index is 0.490. The molecule has 0 fully saturated rings. The summed E-state index contributed by atoms with van der Waals surface area (Å²) in [4.78, 5) is 4.24. The summed E-state index contributed by atoms with van der Waals surface area (Å²) in [6, 6.07) is 9.38. The lowest BCUT2D eigenvalue weighted by Crippen LogP contribution is -2.13. The third kappa shape index (κ3) is 3.09. The molecule has 18 heavy (non-hydrogen) atoms. The van der Waals surface area contributed by atoms with Crippen molar-refractivity contribution < 1.29 is 9.47 Å². The van der Waals surface area contributed by atoms with Gasteiger partial charge in [-0.15, -0.1) is 0 Å². The van der Waals surface area contributed by atoms with Gasteiger partial charge in [0, 0.05) is 11.9 Å². The summed E-state index contributed by atoms with van der Waals surface area (Å²) in [6.45, 7) is 2.09. The number of nitrogens with two attached hydrogens (primary N) is 2. The normalized spacial score (nSPS) is 10.7. The smallest absolute Gasteiger partial charge is 0.128 e. The van der Waals surface area contributed by atoms with Crippen LogP contribution in [0.3, 0.4) is 0 Å². The van der Waals surface area contributed by atoms with E-state index < -0.39 is 0 Å². The number of hydrogen-bond acceptors (Lipinski definition) is 5. The monoisotopic (exact) mass is 247 g/mol. The lowest BCUT2D eigenvalue weighted by atomic mass is 10.2. The van der Waals surface area contributed by atoms with Crippen molar-refractivity contribution in [1.29, 1.82) is 0 Å². The van der Waals surface area contributed by atoms with Crippen LogP contribution in [0.2, 0.25) is 0 Å². The van der Waals surface area contributed by atoms with Crippen molar-refractivity contribution in [2.45, 2.75) is 0 Å². The number of anilines is 1. The number of nitrogen functional groups attached to an aromatic ring is 1. The van der Waals surface area contributed by atoms with E-state index in [1.54, 1.807) is 6.07 Å². The van der Waals surface area contributed by atoms with E-state index in [1.807, 2.05) is 24.3 Å². The minimum Gasteiger partial charge on any atom is -0.490 e. The molecule has 1 aromatic heterocycles. The van der Waals surface area contributed by atoms with Gasteiger partial charge in [0.15, 0.2) is 0 Å². The van der Waals surface area contributed by atoms with Crippen molar-refractivity contribution in [2.75, 3.05) is 32.1 Å². The van der Waals surface area contributed by atoms with Crippen LogP contribution in [-0.2, 0) is 4.74 Å². The zero-order valence-corrected chi connectivity index (χ0v) is 10.1. The molecule has 1 aromatic carbocycles. The summed E-state index contributed by atoms with van der Waals surface area (Å²) >= 11 is 0. The van der Waals surface area contributed by atoms with E-state index in [1.165, 1.54) is 0 Å². The van der Waals surface area contributed by atoms with Gasteiger partial charge in [-0.05, 0) is 24.3 Å². The molecule has 0 amide bonds. The molecule has 0 aliphatic heterocycles. The lowest BCUT2D eigenvalue weighted by Gasteiger charge is -2.09. The molecule has 4 N–H and O–H groups in total. The molecule has 96 valence electrons. The van der Waals surface area contributed by atoms with Gasteiger partial charge in [0.1, 0.15) is 18.2 Å². The highest BCUT2D eigenvalue weighted by Gasteiger charge is 2.03. The average Bonchev–Trinajstić information content (AvgIpc) is 2.38. The van der Waals surface area contributed by atoms with Gasteiger partial charge in [0.05, 0.1) is 18.7 Å². The predicted octanol–water partition coefficient (Wildman–Crippen LogP) is 1.17. The lowest BCUT2D eigenvalue weighted by molar-refractivity contribution is 0.106. The first kappa shape index (κ1) is 12.6. The molecule has 0 saturated heterocycles. The molecule has 0 unspecified atom stereocenters. The van der Waals surface area contributed by atoms with E-state index in [2.05, 4.69) is 4.98 Å². The van der Waals surface area contributed by atoms with Crippen LogP contribution in [0.25, 0.3) is 10.9 Å². The second kappa shape index (κ2) is 6.18. The third-order valence-electron chi connectivity index (χ3n) is 2.46. The van der Waals surface area contributed by atoms with Crippen LogP contribution >= 0.6 is 0 Å². The summed E-state index contributed by atoms with van der Waals surface area (Å²) in [5.41, 5.74) is 11.8. The first-order valence-corrected chi connectivity index (χ1v) is 5.87. The Kier molecular flexibility index (Phi) is 4.33. The highest BCUT2D eigenvalue weighted by molar-refractivity contribution is 5.86. The van der Waals surface area contributed by atoms with Gasteiger partial charge in [-0.2, -0.15) is 0 Å². The molecule has 0 radical (unpaired) electrons. The molecule has 0 aliphatic rings. The predicted molar refractivity (Wildman–Crippen MR) is 71.5 cm³/mol. The first-order valence-electron chi connectivity index (χ1n) is 5.87. The zero-order valence-electron chi connectivity index (χ0n) is 10.1. The Morgan fingerprint density at radius 1 is 1.06 bits per heavy atom. The van der Waals surface area contributed by atoms with Crippen LogP contribution in [0.15, 0.2) is 30.3 Å². The summed E-state index contributed by atoms with van der Waals surface area (Å²) in [5, 5.41) is 0.950. The number of pyridine rings is 1. The molecule has 1 heterocycles. The van der Waals surface area contributed by atoms with Crippen molar-refractivity contribution in [1.82, 2.24) is 4.98 Å². The van der Waals surface area contributed by atoms with Crippen LogP contribution < -0.4 is 16.2 Å². The molecule has 2 aromatic rings. The molecule has 0 atom stereocenters. The Morgan fingerprint density at radius 3 is 2.78 bits per heavy atom. The minimum atomic E-state index is 0.490. The fraction of sp³-hybridized carbons (Fsp3) is 0.308. The van der Waals surface area contributed by atoms with Crippen molar-refractivity contribution in [3.8, 4) is 5.75 Å². The molecule has 5 nitrogen and oxygen atoms in total. The van der Waals surface area contributed by atoms with E-state index in [0.29, 0.717) is 32.2 Å². The Labute approximate surface area is 106 Å². The number of ether oxygens (including phenoxy) is 2. The van der Waals surface area contributed by atoms with Crippen LogP contribution in [-0.4, -0.2) is 31.3 Å². The molecular formula is C13H17N3O2. The zero-order chi connectivity index (χ0) is 12.8. The van der Waals surface area contributed by atoms with Crippen LogP contribution in [0, 0.1) is 0 Å².